The van der Waals surface area contributed by atoms with Crippen molar-refractivity contribution in [2.45, 2.75) is 13.8 Å². The lowest BCUT2D eigenvalue weighted by molar-refractivity contribution is 0.102. The number of benzene rings is 1. The highest BCUT2D eigenvalue weighted by atomic mass is 32.1. The van der Waals surface area contributed by atoms with Crippen molar-refractivity contribution >= 4 is 34.3 Å². The van der Waals surface area contributed by atoms with Crippen molar-refractivity contribution in [3.05, 3.63) is 68.9 Å². The van der Waals surface area contributed by atoms with Gasteiger partial charge in [-0.25, -0.2) is 9.97 Å². The molecule has 27 heavy (non-hydrogen) atoms. The van der Waals surface area contributed by atoms with Gasteiger partial charge in [0.1, 0.15) is 11.8 Å². The molecule has 4 N–H and O–H groups in total. The van der Waals surface area contributed by atoms with Gasteiger partial charge in [-0.2, -0.15) is 5.26 Å². The van der Waals surface area contributed by atoms with Crippen molar-refractivity contribution < 1.29 is 4.79 Å². The molecule has 0 unspecified atom stereocenters. The van der Waals surface area contributed by atoms with Gasteiger partial charge in [-0.3, -0.25) is 10.2 Å². The Hall–Kier alpha value is -3.57. The second-order valence-corrected chi connectivity index (χ2v) is 7.11. The average Bonchev–Trinajstić information content (AvgIpc) is 3.08. The maximum Gasteiger partial charge on any atom is 0.274 e. The van der Waals surface area contributed by atoms with E-state index in [1.807, 2.05) is 13.0 Å². The molecule has 0 bridgehead atoms. The molecule has 0 saturated heterocycles. The first-order chi connectivity index (χ1) is 12.9. The summed E-state index contributed by atoms with van der Waals surface area (Å²) in [6, 6.07) is 8.57. The number of thiazole rings is 1. The fourth-order valence-electron chi connectivity index (χ4n) is 2.52. The van der Waals surface area contributed by atoms with Crippen LogP contribution in [0, 0.1) is 30.6 Å². The molecule has 0 atom stereocenters. The average molecular weight is 376 g/mol. The lowest BCUT2D eigenvalue weighted by Gasteiger charge is -2.11. The molecule has 1 amide bonds. The Morgan fingerprint density at radius 2 is 2.04 bits per heavy atom. The number of carbonyl (C=O) groups is 1. The van der Waals surface area contributed by atoms with E-state index in [4.69, 9.17) is 16.4 Å². The van der Waals surface area contributed by atoms with Crippen molar-refractivity contribution in [3.63, 3.8) is 0 Å². The summed E-state index contributed by atoms with van der Waals surface area (Å²) < 4.78 is 0. The van der Waals surface area contributed by atoms with E-state index in [0.717, 1.165) is 5.01 Å². The zero-order chi connectivity index (χ0) is 19.6. The Labute approximate surface area is 160 Å². The van der Waals surface area contributed by atoms with Crippen molar-refractivity contribution in [2.24, 2.45) is 0 Å². The summed E-state index contributed by atoms with van der Waals surface area (Å²) in [5.41, 5.74) is 8.97. The van der Waals surface area contributed by atoms with Gasteiger partial charge < -0.3 is 11.1 Å². The van der Waals surface area contributed by atoms with Gasteiger partial charge in [0.2, 0.25) is 0 Å². The summed E-state index contributed by atoms with van der Waals surface area (Å²) in [5, 5.41) is 20.9. The maximum absolute atomic E-state index is 12.5. The number of anilines is 2. The van der Waals surface area contributed by atoms with Gasteiger partial charge in [0.15, 0.2) is 0 Å². The van der Waals surface area contributed by atoms with Crippen LogP contribution in [-0.2, 0) is 0 Å². The van der Waals surface area contributed by atoms with Crippen LogP contribution in [0.5, 0.6) is 0 Å². The molecule has 0 aliphatic rings. The summed E-state index contributed by atoms with van der Waals surface area (Å²) in [5.74, 6) is -0.395. The van der Waals surface area contributed by atoms with Gasteiger partial charge >= 0.3 is 0 Å². The second kappa shape index (κ2) is 7.35. The monoisotopic (exact) mass is 376 g/mol. The number of nitrogens with two attached hydrogens (primary N) is 1. The standard InChI is InChI=1S/C19H16N6OS/c1-10-5-12(7-20)8-24-18(10)19(26)25-13-3-4-15(21)14(6-13)17(22)16-9-23-11(2)27-16/h3-6,8-9,22H,21H2,1-2H3,(H,25,26). The summed E-state index contributed by atoms with van der Waals surface area (Å²) in [6.45, 7) is 3.59. The molecule has 2 aromatic heterocycles. The van der Waals surface area contributed by atoms with E-state index in [-0.39, 0.29) is 11.4 Å². The highest BCUT2D eigenvalue weighted by molar-refractivity contribution is 7.13. The topological polar surface area (TPSA) is 129 Å². The van der Waals surface area contributed by atoms with Gasteiger partial charge in [-0.1, -0.05) is 0 Å². The minimum atomic E-state index is -0.395. The Kier molecular flexibility index (Phi) is 4.96. The number of hydrogen-bond donors (Lipinski definition) is 3. The largest absolute Gasteiger partial charge is 0.398 e. The fraction of sp³-hybridized carbons (Fsp3) is 0.105. The number of nitrogen functional groups attached to an aromatic ring is 1. The number of carbonyl (C=O) groups excluding carboxylic acids is 1. The van der Waals surface area contributed by atoms with Crippen LogP contribution in [0.4, 0.5) is 11.4 Å². The Bertz CT molecular complexity index is 1100. The molecule has 1 aromatic carbocycles. The van der Waals surface area contributed by atoms with Gasteiger partial charge in [0.25, 0.3) is 5.91 Å². The molecular formula is C19H16N6OS. The molecule has 2 heterocycles. The van der Waals surface area contributed by atoms with E-state index in [0.29, 0.717) is 32.9 Å². The van der Waals surface area contributed by atoms with Crippen LogP contribution in [0.25, 0.3) is 0 Å². The van der Waals surface area contributed by atoms with Crippen LogP contribution in [0.15, 0.2) is 36.7 Å². The summed E-state index contributed by atoms with van der Waals surface area (Å²) in [4.78, 5) is 21.5. The van der Waals surface area contributed by atoms with Crippen LogP contribution in [0.3, 0.4) is 0 Å². The van der Waals surface area contributed by atoms with Gasteiger partial charge in [0.05, 0.1) is 21.2 Å². The summed E-state index contributed by atoms with van der Waals surface area (Å²) >= 11 is 1.41. The summed E-state index contributed by atoms with van der Waals surface area (Å²) in [6.07, 6.45) is 3.00. The number of amides is 1. The molecule has 134 valence electrons. The zero-order valence-electron chi connectivity index (χ0n) is 14.7. The van der Waals surface area contributed by atoms with E-state index in [1.54, 1.807) is 37.4 Å². The molecule has 0 aliphatic heterocycles. The third-order valence-corrected chi connectivity index (χ3v) is 4.80. The molecule has 3 aromatic rings. The molecule has 0 saturated carbocycles. The molecular weight excluding hydrogens is 360 g/mol. The van der Waals surface area contributed by atoms with Crippen molar-refractivity contribution in [1.29, 1.82) is 10.7 Å². The quantitative estimate of drug-likeness (QED) is 0.475. The first kappa shape index (κ1) is 18.2. The highest BCUT2D eigenvalue weighted by Crippen LogP contribution is 2.24. The third kappa shape index (κ3) is 3.83. The number of nitrogens with one attached hydrogen (secondary N) is 2. The minimum Gasteiger partial charge on any atom is -0.398 e. The summed E-state index contributed by atoms with van der Waals surface area (Å²) in [7, 11) is 0. The maximum atomic E-state index is 12.5. The number of nitrogens with zero attached hydrogens (tertiary/aromatic N) is 3. The van der Waals surface area contributed by atoms with Gasteiger partial charge in [-0.05, 0) is 43.7 Å². The van der Waals surface area contributed by atoms with Crippen LogP contribution >= 0.6 is 11.3 Å². The number of nitriles is 1. The second-order valence-electron chi connectivity index (χ2n) is 5.88. The number of aromatic nitrogens is 2. The molecule has 3 rings (SSSR count). The van der Waals surface area contributed by atoms with E-state index < -0.39 is 5.91 Å². The smallest absolute Gasteiger partial charge is 0.274 e. The minimum absolute atomic E-state index is 0.237. The molecule has 0 spiro atoms. The SMILES string of the molecule is Cc1ncc(C(=N)c2cc(NC(=O)c3ncc(C#N)cc3C)ccc2N)s1. The van der Waals surface area contributed by atoms with Gasteiger partial charge in [0, 0.05) is 29.3 Å². The highest BCUT2D eigenvalue weighted by Gasteiger charge is 2.15. The van der Waals surface area contributed by atoms with Crippen molar-refractivity contribution in [2.75, 3.05) is 11.1 Å². The molecule has 8 heteroatoms. The van der Waals surface area contributed by atoms with Crippen molar-refractivity contribution in [1.82, 2.24) is 9.97 Å². The van der Waals surface area contributed by atoms with Crippen LogP contribution in [-0.4, -0.2) is 21.6 Å². The fourth-order valence-corrected chi connectivity index (χ4v) is 3.27. The van der Waals surface area contributed by atoms with Crippen LogP contribution < -0.4 is 11.1 Å². The van der Waals surface area contributed by atoms with E-state index in [9.17, 15) is 4.79 Å². The van der Waals surface area contributed by atoms with E-state index in [2.05, 4.69) is 15.3 Å². The predicted octanol–water partition coefficient (Wildman–Crippen LogP) is 3.28. The van der Waals surface area contributed by atoms with Gasteiger partial charge in [-0.15, -0.1) is 11.3 Å². The number of rotatable bonds is 4. The predicted molar refractivity (Wildman–Crippen MR) is 105 cm³/mol. The normalized spacial score (nSPS) is 10.3. The number of pyridine rings is 1. The Morgan fingerprint density at radius 1 is 1.26 bits per heavy atom. The van der Waals surface area contributed by atoms with E-state index in [1.165, 1.54) is 17.5 Å². The van der Waals surface area contributed by atoms with Crippen molar-refractivity contribution in [3.8, 4) is 6.07 Å². The molecule has 0 radical (unpaired) electrons. The Morgan fingerprint density at radius 3 is 2.67 bits per heavy atom. The molecule has 0 fully saturated rings. The Balaban J connectivity index is 1.87. The van der Waals surface area contributed by atoms with E-state index >= 15 is 0 Å². The zero-order valence-corrected chi connectivity index (χ0v) is 15.5. The molecule has 7 nitrogen and oxygen atoms in total. The van der Waals surface area contributed by atoms with Crippen LogP contribution in [0.2, 0.25) is 0 Å². The third-order valence-electron chi connectivity index (χ3n) is 3.87. The molecule has 0 aliphatic carbocycles. The lowest BCUT2D eigenvalue weighted by atomic mass is 10.1. The number of aryl methyl sites for hydroxylation is 2. The lowest BCUT2D eigenvalue weighted by Crippen LogP contribution is -2.16. The van der Waals surface area contributed by atoms with Crippen LogP contribution in [0.1, 0.15) is 37.1 Å². The first-order valence-electron chi connectivity index (χ1n) is 7.98. The number of hydrogen-bond acceptors (Lipinski definition) is 7. The first-order valence-corrected chi connectivity index (χ1v) is 8.80.